The molecule has 4 rings (SSSR count). The summed E-state index contributed by atoms with van der Waals surface area (Å²) in [6, 6.07) is 7.76. The Morgan fingerprint density at radius 1 is 0.735 bits per heavy atom. The number of carbonyl (C=O) groups is 1. The molecule has 180 valence electrons. The van der Waals surface area contributed by atoms with Gasteiger partial charge in [0.1, 0.15) is 40.0 Å². The van der Waals surface area contributed by atoms with E-state index in [2.05, 4.69) is 0 Å². The van der Waals surface area contributed by atoms with E-state index in [0.29, 0.717) is 11.5 Å². The minimum Gasteiger partial charge on any atom is -0.496 e. The molecule has 0 radical (unpaired) electrons. The van der Waals surface area contributed by atoms with Crippen LogP contribution in [0.15, 0.2) is 36.4 Å². The molecule has 0 saturated carbocycles. The maximum absolute atomic E-state index is 13.7. The SMILES string of the molecule is COc1cc2c(cc1[C@H](C)C(=O)[C@@H](C)c1cc3c(cc1OC)OC(C)(C)C=C3)C=CC(C)(C)O2. The van der Waals surface area contributed by atoms with Gasteiger partial charge in [0, 0.05) is 46.2 Å². The van der Waals surface area contributed by atoms with E-state index in [1.54, 1.807) is 14.2 Å². The molecule has 0 spiro atoms. The summed E-state index contributed by atoms with van der Waals surface area (Å²) in [6.45, 7) is 11.9. The molecule has 2 aliphatic heterocycles. The summed E-state index contributed by atoms with van der Waals surface area (Å²) in [5.41, 5.74) is 2.80. The van der Waals surface area contributed by atoms with Gasteiger partial charge in [-0.05, 0) is 52.0 Å². The zero-order chi connectivity index (χ0) is 24.8. The highest BCUT2D eigenvalue weighted by atomic mass is 16.5. The molecule has 2 atom stereocenters. The number of ketones is 1. The standard InChI is InChI=1S/C29H34O5/c1-17(21-13-19-9-11-28(3,4)33-23(19)15-25(21)31-7)27(30)18(2)22-14-20-10-12-29(5,6)34-24(20)16-26(22)32-8/h9-18H,1-8H3/t17-,18-/m0/s1. The summed E-state index contributed by atoms with van der Waals surface area (Å²) in [4.78, 5) is 13.7. The van der Waals surface area contributed by atoms with Crippen LogP contribution in [0, 0.1) is 0 Å². The van der Waals surface area contributed by atoms with E-state index in [9.17, 15) is 4.79 Å². The lowest BCUT2D eigenvalue weighted by molar-refractivity contribution is -0.121. The van der Waals surface area contributed by atoms with Gasteiger partial charge in [-0.1, -0.05) is 26.0 Å². The van der Waals surface area contributed by atoms with Crippen LogP contribution in [0.25, 0.3) is 12.2 Å². The minimum atomic E-state index is -0.384. The summed E-state index contributed by atoms with van der Waals surface area (Å²) >= 11 is 0. The number of methoxy groups -OCH3 is 2. The highest BCUT2D eigenvalue weighted by Crippen LogP contribution is 2.43. The number of fused-ring (bicyclic) bond motifs is 2. The quantitative estimate of drug-likeness (QED) is 0.487. The summed E-state index contributed by atoms with van der Waals surface area (Å²) in [5.74, 6) is 2.12. The van der Waals surface area contributed by atoms with Crippen molar-refractivity contribution in [1.82, 2.24) is 0 Å². The number of hydrogen-bond donors (Lipinski definition) is 0. The Hall–Kier alpha value is -3.21. The van der Waals surface area contributed by atoms with Gasteiger partial charge >= 0.3 is 0 Å². The number of ether oxygens (including phenoxy) is 4. The Morgan fingerprint density at radius 3 is 1.47 bits per heavy atom. The average molecular weight is 463 g/mol. The van der Waals surface area contributed by atoms with Gasteiger partial charge in [0.05, 0.1) is 14.2 Å². The van der Waals surface area contributed by atoms with Gasteiger partial charge in [-0.2, -0.15) is 0 Å². The van der Waals surface area contributed by atoms with Crippen LogP contribution in [-0.4, -0.2) is 31.2 Å². The first-order chi connectivity index (χ1) is 15.9. The van der Waals surface area contributed by atoms with E-state index in [0.717, 1.165) is 33.8 Å². The van der Waals surface area contributed by atoms with Crippen LogP contribution in [0.1, 0.15) is 75.6 Å². The molecule has 0 unspecified atom stereocenters. The third-order valence-electron chi connectivity index (χ3n) is 6.59. The predicted molar refractivity (Wildman–Crippen MR) is 135 cm³/mol. The monoisotopic (exact) mass is 462 g/mol. The number of hydrogen-bond acceptors (Lipinski definition) is 5. The Balaban J connectivity index is 1.68. The first kappa shape index (κ1) is 23.9. The van der Waals surface area contributed by atoms with E-state index < -0.39 is 0 Å². The fraction of sp³-hybridized carbons (Fsp3) is 0.414. The molecule has 0 fully saturated rings. The van der Waals surface area contributed by atoms with Gasteiger partial charge in [-0.15, -0.1) is 0 Å². The molecular weight excluding hydrogens is 428 g/mol. The van der Waals surface area contributed by atoms with E-state index in [-0.39, 0.29) is 28.8 Å². The van der Waals surface area contributed by atoms with Crippen molar-refractivity contribution in [2.75, 3.05) is 14.2 Å². The van der Waals surface area contributed by atoms with Crippen LogP contribution in [0.3, 0.4) is 0 Å². The van der Waals surface area contributed by atoms with Gasteiger partial charge in [0.15, 0.2) is 0 Å². The normalized spacial score (nSPS) is 18.6. The third kappa shape index (κ3) is 4.44. The Morgan fingerprint density at radius 2 is 1.12 bits per heavy atom. The first-order valence-corrected chi connectivity index (χ1v) is 11.7. The molecule has 2 aromatic carbocycles. The molecule has 0 aliphatic carbocycles. The van der Waals surface area contributed by atoms with Gasteiger partial charge in [0.2, 0.25) is 0 Å². The topological polar surface area (TPSA) is 54.0 Å². The van der Waals surface area contributed by atoms with E-state index in [4.69, 9.17) is 18.9 Å². The maximum atomic E-state index is 13.7. The van der Waals surface area contributed by atoms with Crippen molar-refractivity contribution in [2.45, 2.75) is 64.6 Å². The van der Waals surface area contributed by atoms with Crippen LogP contribution in [0.2, 0.25) is 0 Å². The lowest BCUT2D eigenvalue weighted by atomic mass is 9.83. The summed E-state index contributed by atoms with van der Waals surface area (Å²) in [7, 11) is 3.24. The summed E-state index contributed by atoms with van der Waals surface area (Å²) in [6.07, 6.45) is 8.14. The molecule has 34 heavy (non-hydrogen) atoms. The van der Waals surface area contributed by atoms with Gasteiger partial charge in [-0.25, -0.2) is 0 Å². The summed E-state index contributed by atoms with van der Waals surface area (Å²) in [5, 5.41) is 0. The molecule has 0 bridgehead atoms. The zero-order valence-corrected chi connectivity index (χ0v) is 21.3. The van der Waals surface area contributed by atoms with Crippen LogP contribution >= 0.6 is 0 Å². The Bertz CT molecular complexity index is 1090. The lowest BCUT2D eigenvalue weighted by Gasteiger charge is -2.30. The molecule has 0 aromatic heterocycles. The number of Topliss-reactive ketones (excluding diaryl/α,β-unsaturated/α-hetero) is 1. The van der Waals surface area contributed by atoms with Gasteiger partial charge < -0.3 is 18.9 Å². The van der Waals surface area contributed by atoms with E-state index in [1.165, 1.54) is 0 Å². The number of rotatable bonds is 6. The fourth-order valence-electron chi connectivity index (χ4n) is 4.56. The highest BCUT2D eigenvalue weighted by molar-refractivity contribution is 5.93. The molecule has 0 saturated heterocycles. The van der Waals surface area contributed by atoms with Gasteiger partial charge in [-0.3, -0.25) is 4.79 Å². The molecule has 2 aliphatic rings. The largest absolute Gasteiger partial charge is 0.496 e. The lowest BCUT2D eigenvalue weighted by Crippen LogP contribution is -2.28. The zero-order valence-electron chi connectivity index (χ0n) is 21.3. The minimum absolute atomic E-state index is 0.0820. The van der Waals surface area contributed by atoms with Crippen molar-refractivity contribution in [3.05, 3.63) is 58.7 Å². The molecule has 2 heterocycles. The Kier molecular flexibility index (Phi) is 6.01. The number of carbonyl (C=O) groups excluding carboxylic acids is 1. The average Bonchev–Trinajstić information content (AvgIpc) is 2.79. The Labute approximate surface area is 202 Å². The van der Waals surface area contributed by atoms with Crippen molar-refractivity contribution < 1.29 is 23.7 Å². The second-order valence-electron chi connectivity index (χ2n) is 10.2. The van der Waals surface area contributed by atoms with Crippen molar-refractivity contribution in [2.24, 2.45) is 0 Å². The van der Waals surface area contributed by atoms with Crippen molar-refractivity contribution in [3.63, 3.8) is 0 Å². The molecular formula is C29H34O5. The van der Waals surface area contributed by atoms with Crippen molar-refractivity contribution >= 4 is 17.9 Å². The molecule has 5 nitrogen and oxygen atoms in total. The second-order valence-corrected chi connectivity index (χ2v) is 10.2. The number of benzene rings is 2. The van der Waals surface area contributed by atoms with Crippen LogP contribution in [-0.2, 0) is 4.79 Å². The van der Waals surface area contributed by atoms with Crippen molar-refractivity contribution in [1.29, 1.82) is 0 Å². The third-order valence-corrected chi connectivity index (χ3v) is 6.59. The first-order valence-electron chi connectivity index (χ1n) is 11.7. The van der Waals surface area contributed by atoms with Crippen LogP contribution in [0.5, 0.6) is 23.0 Å². The predicted octanol–water partition coefficient (Wildman–Crippen LogP) is 6.55. The second kappa shape index (κ2) is 8.53. The molecule has 0 N–H and O–H groups in total. The van der Waals surface area contributed by atoms with E-state index in [1.807, 2.05) is 90.1 Å². The van der Waals surface area contributed by atoms with Crippen LogP contribution in [0.4, 0.5) is 0 Å². The van der Waals surface area contributed by atoms with E-state index >= 15 is 0 Å². The van der Waals surface area contributed by atoms with Crippen molar-refractivity contribution in [3.8, 4) is 23.0 Å². The maximum Gasteiger partial charge on any atom is 0.147 e. The smallest absolute Gasteiger partial charge is 0.147 e. The van der Waals surface area contributed by atoms with Crippen LogP contribution < -0.4 is 18.9 Å². The summed E-state index contributed by atoms with van der Waals surface area (Å²) < 4.78 is 23.5. The molecule has 0 amide bonds. The highest BCUT2D eigenvalue weighted by Gasteiger charge is 2.31. The molecule has 5 heteroatoms. The fourth-order valence-corrected chi connectivity index (χ4v) is 4.56. The molecule has 2 aromatic rings. The van der Waals surface area contributed by atoms with Gasteiger partial charge in [0.25, 0.3) is 0 Å².